The van der Waals surface area contributed by atoms with Crippen molar-refractivity contribution in [2.45, 2.75) is 57.8 Å². The van der Waals surface area contributed by atoms with E-state index in [1.165, 1.54) is 0 Å². The number of aromatic amines is 1. The third-order valence-corrected chi connectivity index (χ3v) is 6.77. The second-order valence-electron chi connectivity index (χ2n) is 11.0. The minimum atomic E-state index is -0.793. The third-order valence-electron chi connectivity index (χ3n) is 6.77. The van der Waals surface area contributed by atoms with E-state index in [0.717, 1.165) is 16.5 Å². The number of nitrogens with two attached hydrogens (primary N) is 1. The third kappa shape index (κ3) is 7.47. The predicted molar refractivity (Wildman–Crippen MR) is 152 cm³/mol. The molecule has 0 bridgehead atoms. The van der Waals surface area contributed by atoms with Crippen LogP contribution in [0.2, 0.25) is 0 Å². The molecule has 1 atom stereocenters. The summed E-state index contributed by atoms with van der Waals surface area (Å²) in [6.07, 6.45) is 3.19. The lowest BCUT2D eigenvalue weighted by Gasteiger charge is -2.34. The van der Waals surface area contributed by atoms with Gasteiger partial charge in [-0.3, -0.25) is 15.0 Å². The van der Waals surface area contributed by atoms with Gasteiger partial charge in [0.2, 0.25) is 5.91 Å². The molecule has 212 valence electrons. The topological polar surface area (TPSA) is 151 Å². The summed E-state index contributed by atoms with van der Waals surface area (Å²) in [5.74, 6) is -1.06. The average molecular weight is 548 g/mol. The summed E-state index contributed by atoms with van der Waals surface area (Å²) in [7, 11) is 0. The number of H-pyrrole nitrogens is 1. The highest BCUT2D eigenvalue weighted by Crippen LogP contribution is 2.21. The zero-order valence-corrected chi connectivity index (χ0v) is 23.2. The van der Waals surface area contributed by atoms with Gasteiger partial charge in [-0.25, -0.2) is 4.79 Å². The number of amidine groups is 1. The molecule has 3 aromatic rings. The van der Waals surface area contributed by atoms with Crippen molar-refractivity contribution in [3.63, 3.8) is 0 Å². The van der Waals surface area contributed by atoms with Crippen molar-refractivity contribution in [2.75, 3.05) is 19.7 Å². The zero-order valence-electron chi connectivity index (χ0n) is 23.2. The fourth-order valence-electron chi connectivity index (χ4n) is 4.78. The number of hydrogen-bond acceptors (Lipinski definition) is 6. The molecule has 4 rings (SSSR count). The molecule has 40 heavy (non-hydrogen) atoms. The number of likely N-dealkylation sites (tertiary alicyclic amines) is 1. The van der Waals surface area contributed by atoms with Crippen molar-refractivity contribution in [1.82, 2.24) is 15.2 Å². The van der Waals surface area contributed by atoms with Crippen LogP contribution in [-0.2, 0) is 25.5 Å². The van der Waals surface area contributed by atoms with Crippen LogP contribution in [0.5, 0.6) is 0 Å². The Kier molecular flexibility index (Phi) is 8.89. The van der Waals surface area contributed by atoms with Gasteiger partial charge < -0.3 is 30.4 Å². The molecule has 2 heterocycles. The van der Waals surface area contributed by atoms with Crippen LogP contribution in [0.4, 0.5) is 0 Å². The molecule has 10 heteroatoms. The minimum absolute atomic E-state index is 0.0853. The molecule has 1 fully saturated rings. The lowest BCUT2D eigenvalue weighted by molar-refractivity contribution is -0.163. The van der Waals surface area contributed by atoms with Crippen molar-refractivity contribution in [3.05, 3.63) is 71.4 Å². The van der Waals surface area contributed by atoms with E-state index in [9.17, 15) is 14.4 Å². The lowest BCUT2D eigenvalue weighted by atomic mass is 10.0. The highest BCUT2D eigenvalue weighted by atomic mass is 16.6. The number of fused-ring (bicyclic) bond motifs is 1. The number of nitrogens with one attached hydrogen (secondary N) is 3. The van der Waals surface area contributed by atoms with Gasteiger partial charge in [-0.15, -0.1) is 0 Å². The number of carbonyl (C=O) groups excluding carboxylic acids is 3. The Bertz CT molecular complexity index is 1370. The molecular formula is C30H37N5O5. The molecule has 1 aliphatic heterocycles. The Morgan fingerprint density at radius 3 is 2.38 bits per heavy atom. The Labute approximate surface area is 233 Å². The Morgan fingerprint density at radius 1 is 1.07 bits per heavy atom. The number of ether oxygens (including phenoxy) is 2. The fraction of sp³-hybridized carbons (Fsp3) is 0.400. The second kappa shape index (κ2) is 12.3. The van der Waals surface area contributed by atoms with Crippen LogP contribution in [0, 0.1) is 5.41 Å². The molecule has 1 saturated heterocycles. The largest absolute Gasteiger partial charge is 0.458 e. The normalized spacial score (nSPS) is 15.0. The van der Waals surface area contributed by atoms with Crippen molar-refractivity contribution in [3.8, 4) is 0 Å². The SMILES string of the molecule is CC(C)(C)OC(=O)COC1CCN(C(=O)[C@H](Cc2c[nH]c3ccccc23)NC(=O)c2ccc(C(=N)N)cc2)CC1. The molecule has 2 amide bonds. The van der Waals surface area contributed by atoms with E-state index in [0.29, 0.717) is 43.5 Å². The molecule has 1 aliphatic rings. The Balaban J connectivity index is 1.43. The van der Waals surface area contributed by atoms with E-state index in [-0.39, 0.29) is 30.4 Å². The molecule has 0 saturated carbocycles. The number of benzene rings is 2. The first-order valence-electron chi connectivity index (χ1n) is 13.4. The molecule has 0 unspecified atom stereocenters. The second-order valence-corrected chi connectivity index (χ2v) is 11.0. The number of rotatable bonds is 9. The van der Waals surface area contributed by atoms with E-state index in [2.05, 4.69) is 10.3 Å². The fourth-order valence-corrected chi connectivity index (χ4v) is 4.78. The molecule has 2 aromatic carbocycles. The van der Waals surface area contributed by atoms with Crippen LogP contribution in [0.1, 0.15) is 55.1 Å². The summed E-state index contributed by atoms with van der Waals surface area (Å²) in [6, 6.07) is 13.4. The first kappa shape index (κ1) is 28.8. The summed E-state index contributed by atoms with van der Waals surface area (Å²) in [6.45, 7) is 6.19. The van der Waals surface area contributed by atoms with Crippen LogP contribution in [0.15, 0.2) is 54.7 Å². The maximum Gasteiger partial charge on any atom is 0.332 e. The maximum atomic E-state index is 13.7. The van der Waals surface area contributed by atoms with Crippen LogP contribution in [0.25, 0.3) is 10.9 Å². The monoisotopic (exact) mass is 547 g/mol. The van der Waals surface area contributed by atoms with Gasteiger partial charge in [0.1, 0.15) is 24.1 Å². The van der Waals surface area contributed by atoms with E-state index in [1.54, 1.807) is 29.2 Å². The van der Waals surface area contributed by atoms with Crippen molar-refractivity contribution in [2.24, 2.45) is 5.73 Å². The number of nitrogen functional groups attached to an aromatic ring is 1. The molecule has 0 spiro atoms. The molecule has 0 aliphatic carbocycles. The van der Waals surface area contributed by atoms with Gasteiger partial charge in [-0.1, -0.05) is 30.3 Å². The van der Waals surface area contributed by atoms with Crippen molar-refractivity contribution in [1.29, 1.82) is 5.41 Å². The van der Waals surface area contributed by atoms with E-state index < -0.39 is 17.6 Å². The van der Waals surface area contributed by atoms with Gasteiger partial charge in [0.25, 0.3) is 5.91 Å². The first-order valence-corrected chi connectivity index (χ1v) is 13.4. The van der Waals surface area contributed by atoms with Gasteiger partial charge in [-0.05, 0) is 57.4 Å². The van der Waals surface area contributed by atoms with E-state index in [4.69, 9.17) is 20.6 Å². The first-order chi connectivity index (χ1) is 19.0. The smallest absolute Gasteiger partial charge is 0.332 e. The highest BCUT2D eigenvalue weighted by Gasteiger charge is 2.31. The van der Waals surface area contributed by atoms with Gasteiger partial charge in [0.15, 0.2) is 0 Å². The summed E-state index contributed by atoms with van der Waals surface area (Å²) in [4.78, 5) is 43.9. The quantitative estimate of drug-likeness (QED) is 0.184. The number of hydrogen-bond donors (Lipinski definition) is 4. The number of amides is 2. The van der Waals surface area contributed by atoms with Crippen molar-refractivity contribution >= 4 is 34.5 Å². The number of aromatic nitrogens is 1. The summed E-state index contributed by atoms with van der Waals surface area (Å²) in [5, 5.41) is 11.5. The summed E-state index contributed by atoms with van der Waals surface area (Å²) >= 11 is 0. The van der Waals surface area contributed by atoms with E-state index >= 15 is 0 Å². The highest BCUT2D eigenvalue weighted by molar-refractivity contribution is 6.00. The maximum absolute atomic E-state index is 13.7. The number of piperidine rings is 1. The van der Waals surface area contributed by atoms with Gasteiger partial charge in [0.05, 0.1) is 6.10 Å². The zero-order chi connectivity index (χ0) is 28.9. The number of esters is 1. The Morgan fingerprint density at radius 2 is 1.73 bits per heavy atom. The molecule has 0 radical (unpaired) electrons. The van der Waals surface area contributed by atoms with Crippen LogP contribution in [-0.4, -0.2) is 70.9 Å². The van der Waals surface area contributed by atoms with Gasteiger partial charge >= 0.3 is 5.97 Å². The Hall–Kier alpha value is -4.18. The number of nitrogens with zero attached hydrogens (tertiary/aromatic N) is 1. The standard InChI is InChI=1S/C30H37N5O5/c1-30(2,3)40-26(36)18-39-22-12-14-35(15-13-22)29(38)25(16-21-17-33-24-7-5-4-6-23(21)24)34-28(37)20-10-8-19(9-11-20)27(31)32/h4-11,17,22,25,33H,12-16,18H2,1-3H3,(H3,31,32)(H,34,37)/t25-/m0/s1. The summed E-state index contributed by atoms with van der Waals surface area (Å²) in [5.41, 5.74) is 7.72. The predicted octanol–water partition coefficient (Wildman–Crippen LogP) is 3.14. The van der Waals surface area contributed by atoms with Crippen LogP contribution >= 0.6 is 0 Å². The van der Waals surface area contributed by atoms with Crippen LogP contribution < -0.4 is 11.1 Å². The molecule has 10 nitrogen and oxygen atoms in total. The van der Waals surface area contributed by atoms with Gasteiger partial charge in [-0.2, -0.15) is 0 Å². The van der Waals surface area contributed by atoms with Gasteiger partial charge in [0, 0.05) is 47.7 Å². The van der Waals surface area contributed by atoms with Crippen molar-refractivity contribution < 1.29 is 23.9 Å². The number of para-hydroxylation sites is 1. The van der Waals surface area contributed by atoms with Crippen LogP contribution in [0.3, 0.4) is 0 Å². The summed E-state index contributed by atoms with van der Waals surface area (Å²) < 4.78 is 11.1. The average Bonchev–Trinajstić information content (AvgIpc) is 3.33. The lowest BCUT2D eigenvalue weighted by Crippen LogP contribution is -2.52. The molecule has 1 aromatic heterocycles. The minimum Gasteiger partial charge on any atom is -0.458 e. The number of carbonyl (C=O) groups is 3. The molecule has 5 N–H and O–H groups in total. The molecular weight excluding hydrogens is 510 g/mol. The van der Waals surface area contributed by atoms with E-state index in [1.807, 2.05) is 51.2 Å².